The molecule has 0 aromatic heterocycles. The topological polar surface area (TPSA) is 63.6 Å². The molecule has 4 heteroatoms. The third kappa shape index (κ3) is 5.05. The number of para-hydroxylation sites is 1. The van der Waals surface area contributed by atoms with Crippen LogP contribution in [0.2, 0.25) is 0 Å². The van der Waals surface area contributed by atoms with E-state index in [1.807, 2.05) is 31.2 Å². The molecule has 0 atom stereocenters. The van der Waals surface area contributed by atoms with Crippen molar-refractivity contribution in [3.63, 3.8) is 0 Å². The zero-order chi connectivity index (χ0) is 18.6. The molecule has 0 amide bonds. The third-order valence-electron chi connectivity index (χ3n) is 3.40. The Morgan fingerprint density at radius 2 is 1.60 bits per heavy atom. The SMILES string of the molecule is Cc1ccc(C=C(C(=O)OC(C)(C)C)C(=O)c2ccccc2O)cc1. The van der Waals surface area contributed by atoms with Gasteiger partial charge in [0.05, 0.1) is 5.56 Å². The van der Waals surface area contributed by atoms with Gasteiger partial charge in [0.15, 0.2) is 0 Å². The first-order chi connectivity index (χ1) is 11.7. The molecule has 0 saturated heterocycles. The molecule has 2 aromatic rings. The number of aromatic hydroxyl groups is 1. The van der Waals surface area contributed by atoms with Gasteiger partial charge in [-0.3, -0.25) is 4.79 Å². The lowest BCUT2D eigenvalue weighted by Gasteiger charge is -2.20. The molecule has 1 N–H and O–H groups in total. The maximum Gasteiger partial charge on any atom is 0.342 e. The summed E-state index contributed by atoms with van der Waals surface area (Å²) in [6.07, 6.45) is 1.49. The molecule has 0 radical (unpaired) electrons. The van der Waals surface area contributed by atoms with Crippen molar-refractivity contribution in [2.45, 2.75) is 33.3 Å². The number of carbonyl (C=O) groups is 2. The van der Waals surface area contributed by atoms with Crippen LogP contribution < -0.4 is 0 Å². The van der Waals surface area contributed by atoms with Crippen molar-refractivity contribution in [2.24, 2.45) is 0 Å². The van der Waals surface area contributed by atoms with Crippen LogP contribution in [0.25, 0.3) is 6.08 Å². The first-order valence-corrected chi connectivity index (χ1v) is 8.02. The van der Waals surface area contributed by atoms with Crippen LogP contribution in [0.1, 0.15) is 42.3 Å². The molecular formula is C21H22O4. The number of ether oxygens (including phenoxy) is 1. The van der Waals surface area contributed by atoms with Gasteiger partial charge >= 0.3 is 5.97 Å². The lowest BCUT2D eigenvalue weighted by molar-refractivity contribution is -0.149. The van der Waals surface area contributed by atoms with Gasteiger partial charge in [-0.25, -0.2) is 4.79 Å². The van der Waals surface area contributed by atoms with Gasteiger partial charge in [-0.15, -0.1) is 0 Å². The van der Waals surface area contributed by atoms with E-state index in [2.05, 4.69) is 0 Å². The molecule has 0 heterocycles. The average molecular weight is 338 g/mol. The molecule has 0 saturated carbocycles. The number of hydrogen-bond acceptors (Lipinski definition) is 4. The number of benzene rings is 2. The van der Waals surface area contributed by atoms with E-state index in [9.17, 15) is 14.7 Å². The summed E-state index contributed by atoms with van der Waals surface area (Å²) in [5.41, 5.74) is 0.980. The minimum Gasteiger partial charge on any atom is -0.507 e. The van der Waals surface area contributed by atoms with Crippen LogP contribution in [0.15, 0.2) is 54.1 Å². The molecule has 0 bridgehead atoms. The van der Waals surface area contributed by atoms with Crippen LogP contribution in [0.5, 0.6) is 5.75 Å². The van der Waals surface area contributed by atoms with Gasteiger partial charge in [0.1, 0.15) is 16.9 Å². The van der Waals surface area contributed by atoms with E-state index in [0.29, 0.717) is 5.56 Å². The van der Waals surface area contributed by atoms with E-state index in [1.165, 1.54) is 18.2 Å². The van der Waals surface area contributed by atoms with E-state index >= 15 is 0 Å². The first-order valence-electron chi connectivity index (χ1n) is 8.02. The van der Waals surface area contributed by atoms with Crippen LogP contribution in [0, 0.1) is 6.92 Å². The lowest BCUT2D eigenvalue weighted by Crippen LogP contribution is -2.27. The molecule has 130 valence electrons. The van der Waals surface area contributed by atoms with Gasteiger partial charge in [0.25, 0.3) is 0 Å². The van der Waals surface area contributed by atoms with Gasteiger partial charge in [-0.2, -0.15) is 0 Å². The summed E-state index contributed by atoms with van der Waals surface area (Å²) in [6.45, 7) is 7.16. The highest BCUT2D eigenvalue weighted by Gasteiger charge is 2.27. The Kier molecular flexibility index (Phi) is 5.42. The largest absolute Gasteiger partial charge is 0.507 e. The van der Waals surface area contributed by atoms with Gasteiger partial charge in [-0.05, 0) is 51.5 Å². The summed E-state index contributed by atoms with van der Waals surface area (Å²) < 4.78 is 5.37. The summed E-state index contributed by atoms with van der Waals surface area (Å²) in [6, 6.07) is 13.5. The maximum absolute atomic E-state index is 12.8. The zero-order valence-corrected chi connectivity index (χ0v) is 14.9. The van der Waals surface area contributed by atoms with Crippen molar-refractivity contribution in [2.75, 3.05) is 0 Å². The second kappa shape index (κ2) is 7.34. The number of aryl methyl sites for hydroxylation is 1. The Balaban J connectivity index is 2.48. The molecule has 4 nitrogen and oxygen atoms in total. The number of carbonyl (C=O) groups excluding carboxylic acids is 2. The van der Waals surface area contributed by atoms with Crippen LogP contribution in [-0.4, -0.2) is 22.5 Å². The number of phenols is 1. The van der Waals surface area contributed by atoms with Gasteiger partial charge < -0.3 is 9.84 Å². The number of hydrogen-bond donors (Lipinski definition) is 1. The number of ketones is 1. The average Bonchev–Trinajstić information content (AvgIpc) is 2.52. The Morgan fingerprint density at radius 3 is 2.16 bits per heavy atom. The third-order valence-corrected chi connectivity index (χ3v) is 3.40. The molecule has 0 aliphatic carbocycles. The van der Waals surface area contributed by atoms with Crippen molar-refractivity contribution in [1.29, 1.82) is 0 Å². The van der Waals surface area contributed by atoms with Crippen molar-refractivity contribution in [3.05, 3.63) is 70.8 Å². The van der Waals surface area contributed by atoms with Crippen molar-refractivity contribution in [3.8, 4) is 5.75 Å². The van der Waals surface area contributed by atoms with Crippen molar-refractivity contribution >= 4 is 17.8 Å². The van der Waals surface area contributed by atoms with Gasteiger partial charge in [0.2, 0.25) is 5.78 Å². The van der Waals surface area contributed by atoms with Crippen molar-refractivity contribution < 1.29 is 19.4 Å². The number of esters is 1. The summed E-state index contributed by atoms with van der Waals surface area (Å²) in [5.74, 6) is -1.47. The molecule has 0 aliphatic rings. The molecular weight excluding hydrogens is 316 g/mol. The van der Waals surface area contributed by atoms with E-state index in [4.69, 9.17) is 4.74 Å². The normalized spacial score (nSPS) is 11.9. The van der Waals surface area contributed by atoms with Crippen molar-refractivity contribution in [1.82, 2.24) is 0 Å². The maximum atomic E-state index is 12.8. The first kappa shape index (κ1) is 18.5. The molecule has 2 aromatic carbocycles. The Morgan fingerprint density at radius 1 is 1.00 bits per heavy atom. The fraction of sp³-hybridized carbons (Fsp3) is 0.238. The summed E-state index contributed by atoms with van der Waals surface area (Å²) in [7, 11) is 0. The van der Waals surface area contributed by atoms with Crippen LogP contribution in [-0.2, 0) is 9.53 Å². The highest BCUT2D eigenvalue weighted by molar-refractivity contribution is 6.27. The van der Waals surface area contributed by atoms with Crippen LogP contribution in [0.4, 0.5) is 0 Å². The van der Waals surface area contributed by atoms with E-state index in [1.54, 1.807) is 32.9 Å². The second-order valence-corrected chi connectivity index (χ2v) is 6.82. The quantitative estimate of drug-likeness (QED) is 0.297. The summed E-state index contributed by atoms with van der Waals surface area (Å²) in [4.78, 5) is 25.4. The Bertz CT molecular complexity index is 809. The van der Waals surface area contributed by atoms with E-state index in [-0.39, 0.29) is 16.9 Å². The second-order valence-electron chi connectivity index (χ2n) is 6.82. The van der Waals surface area contributed by atoms with Gasteiger partial charge in [-0.1, -0.05) is 42.0 Å². The summed E-state index contributed by atoms with van der Waals surface area (Å²) >= 11 is 0. The number of phenolic OH excluding ortho intramolecular Hbond substituents is 1. The molecule has 0 aliphatic heterocycles. The minimum absolute atomic E-state index is 0.0618. The van der Waals surface area contributed by atoms with Gasteiger partial charge in [0, 0.05) is 0 Å². The predicted molar refractivity (Wildman–Crippen MR) is 97.4 cm³/mol. The molecule has 0 spiro atoms. The minimum atomic E-state index is -0.734. The zero-order valence-electron chi connectivity index (χ0n) is 14.9. The number of Topliss-reactive ketones (excluding diaryl/α,β-unsaturated/α-hetero) is 1. The lowest BCUT2D eigenvalue weighted by atomic mass is 9.99. The predicted octanol–water partition coefficient (Wildman–Crippen LogP) is 4.31. The molecule has 25 heavy (non-hydrogen) atoms. The number of rotatable bonds is 4. The highest BCUT2D eigenvalue weighted by atomic mass is 16.6. The standard InChI is InChI=1S/C21H22O4/c1-14-9-11-15(12-10-14)13-17(20(24)25-21(2,3)4)19(23)16-7-5-6-8-18(16)22/h5-13,22H,1-4H3. The molecule has 2 rings (SSSR count). The summed E-state index contributed by atoms with van der Waals surface area (Å²) in [5, 5.41) is 9.95. The van der Waals surface area contributed by atoms with Crippen LogP contribution >= 0.6 is 0 Å². The Hall–Kier alpha value is -2.88. The highest BCUT2D eigenvalue weighted by Crippen LogP contribution is 2.23. The van der Waals surface area contributed by atoms with E-state index < -0.39 is 17.4 Å². The Labute approximate surface area is 147 Å². The smallest absolute Gasteiger partial charge is 0.342 e. The fourth-order valence-corrected chi connectivity index (χ4v) is 2.19. The monoisotopic (exact) mass is 338 g/mol. The fourth-order valence-electron chi connectivity index (χ4n) is 2.19. The van der Waals surface area contributed by atoms with E-state index in [0.717, 1.165) is 5.56 Å². The molecule has 0 unspecified atom stereocenters. The molecule has 0 fully saturated rings. The van der Waals surface area contributed by atoms with Crippen LogP contribution in [0.3, 0.4) is 0 Å².